The van der Waals surface area contributed by atoms with Crippen LogP contribution in [0.5, 0.6) is 0 Å². The molecular weight excluding hydrogens is 414 g/mol. The van der Waals surface area contributed by atoms with Crippen LogP contribution in [0.25, 0.3) is 0 Å². The molecule has 3 nitrogen and oxygen atoms in total. The number of carbonyl (C=O) groups is 1. The van der Waals surface area contributed by atoms with Crippen molar-refractivity contribution in [2.24, 2.45) is 0 Å². The van der Waals surface area contributed by atoms with Gasteiger partial charge in [-0.25, -0.2) is 4.39 Å². The van der Waals surface area contributed by atoms with Crippen molar-refractivity contribution in [1.29, 1.82) is 0 Å². The first-order valence-corrected chi connectivity index (χ1v) is 7.70. The lowest BCUT2D eigenvalue weighted by atomic mass is 10.3. The van der Waals surface area contributed by atoms with Crippen LogP contribution in [0.3, 0.4) is 0 Å². The highest BCUT2D eigenvalue weighted by Gasteiger charge is 2.16. The van der Waals surface area contributed by atoms with Crippen LogP contribution in [0.1, 0.15) is 17.4 Å². The summed E-state index contributed by atoms with van der Waals surface area (Å²) in [5.74, 6) is -0.786. The molecule has 106 valence electrons. The van der Waals surface area contributed by atoms with E-state index < -0.39 is 5.82 Å². The Morgan fingerprint density at radius 1 is 1.40 bits per heavy atom. The zero-order valence-electron chi connectivity index (χ0n) is 10.4. The van der Waals surface area contributed by atoms with Crippen molar-refractivity contribution in [2.45, 2.75) is 13.5 Å². The molecule has 0 saturated heterocycles. The van der Waals surface area contributed by atoms with Crippen LogP contribution in [-0.4, -0.2) is 10.5 Å². The molecule has 1 heterocycles. The molecule has 1 amide bonds. The largest absolute Gasteiger partial charge is 0.343 e. The molecule has 0 aliphatic rings. The molecule has 0 fully saturated rings. The summed E-state index contributed by atoms with van der Waals surface area (Å²) in [6.45, 7) is 2.59. The molecule has 0 saturated carbocycles. The van der Waals surface area contributed by atoms with E-state index in [2.05, 4.69) is 37.2 Å². The molecule has 2 aromatic rings. The Morgan fingerprint density at radius 3 is 2.70 bits per heavy atom. The monoisotopic (exact) mass is 422 g/mol. The molecule has 0 unspecified atom stereocenters. The van der Waals surface area contributed by atoms with Gasteiger partial charge in [-0.1, -0.05) is 11.6 Å². The Balaban J connectivity index is 2.32. The van der Waals surface area contributed by atoms with Crippen LogP contribution in [-0.2, 0) is 6.54 Å². The third-order valence-electron chi connectivity index (χ3n) is 2.68. The van der Waals surface area contributed by atoms with Gasteiger partial charge in [-0.15, -0.1) is 0 Å². The highest BCUT2D eigenvalue weighted by atomic mass is 79.9. The van der Waals surface area contributed by atoms with Gasteiger partial charge in [0.1, 0.15) is 11.5 Å². The lowest BCUT2D eigenvalue weighted by Gasteiger charge is -2.11. The van der Waals surface area contributed by atoms with Crippen LogP contribution in [0.2, 0.25) is 5.02 Å². The Morgan fingerprint density at radius 2 is 2.10 bits per heavy atom. The predicted octanol–water partition coefficient (Wildman–Crippen LogP) is 5.08. The number of nitrogens with one attached hydrogen (secondary N) is 1. The highest BCUT2D eigenvalue weighted by Crippen LogP contribution is 2.32. The van der Waals surface area contributed by atoms with E-state index in [4.69, 9.17) is 11.6 Å². The molecule has 0 aliphatic carbocycles. The Labute approximate surface area is 137 Å². The Bertz CT molecular complexity index is 649. The fraction of sp³-hybridized carbons (Fsp3) is 0.154. The molecule has 0 radical (unpaired) electrons. The summed E-state index contributed by atoms with van der Waals surface area (Å²) in [5.41, 5.74) is 0.838. The predicted molar refractivity (Wildman–Crippen MR) is 84.9 cm³/mol. The van der Waals surface area contributed by atoms with Crippen LogP contribution in [0.4, 0.5) is 10.1 Å². The maximum Gasteiger partial charge on any atom is 0.272 e. The van der Waals surface area contributed by atoms with Gasteiger partial charge in [0.2, 0.25) is 0 Å². The van der Waals surface area contributed by atoms with E-state index in [1.807, 2.05) is 13.1 Å². The molecule has 0 bridgehead atoms. The summed E-state index contributed by atoms with van der Waals surface area (Å²) < 4.78 is 16.2. The van der Waals surface area contributed by atoms with Gasteiger partial charge >= 0.3 is 0 Å². The number of amides is 1. The molecule has 0 atom stereocenters. The average molecular weight is 424 g/mol. The van der Waals surface area contributed by atoms with Gasteiger partial charge in [0.25, 0.3) is 5.91 Å². The van der Waals surface area contributed by atoms with E-state index in [0.29, 0.717) is 22.4 Å². The summed E-state index contributed by atoms with van der Waals surface area (Å²) in [7, 11) is 0. The van der Waals surface area contributed by atoms with Crippen molar-refractivity contribution in [3.63, 3.8) is 0 Å². The lowest BCUT2D eigenvalue weighted by Crippen LogP contribution is -2.17. The van der Waals surface area contributed by atoms with Gasteiger partial charge in [-0.05, 0) is 57.0 Å². The molecule has 7 heteroatoms. The van der Waals surface area contributed by atoms with Crippen molar-refractivity contribution in [1.82, 2.24) is 4.57 Å². The minimum absolute atomic E-state index is 0.138. The van der Waals surface area contributed by atoms with Crippen molar-refractivity contribution in [2.75, 3.05) is 5.32 Å². The molecule has 0 aliphatic heterocycles. The SMILES string of the molecule is CCn1cc(Br)cc1C(=O)Nc1c(Cl)cc(F)cc1Br. The maximum atomic E-state index is 13.2. The zero-order chi connectivity index (χ0) is 14.9. The first-order valence-electron chi connectivity index (χ1n) is 5.74. The van der Waals surface area contributed by atoms with E-state index in [-0.39, 0.29) is 10.9 Å². The van der Waals surface area contributed by atoms with Crippen LogP contribution in [0.15, 0.2) is 33.3 Å². The third-order valence-corrected chi connectivity index (χ3v) is 4.04. The minimum atomic E-state index is -0.473. The van der Waals surface area contributed by atoms with E-state index in [1.54, 1.807) is 10.6 Å². The van der Waals surface area contributed by atoms with Gasteiger partial charge in [-0.2, -0.15) is 0 Å². The van der Waals surface area contributed by atoms with Crippen molar-refractivity contribution < 1.29 is 9.18 Å². The molecule has 1 aromatic carbocycles. The number of aromatic nitrogens is 1. The average Bonchev–Trinajstić information content (AvgIpc) is 2.75. The zero-order valence-corrected chi connectivity index (χ0v) is 14.3. The lowest BCUT2D eigenvalue weighted by molar-refractivity contribution is 0.101. The first-order chi connectivity index (χ1) is 9.42. The highest BCUT2D eigenvalue weighted by molar-refractivity contribution is 9.10. The normalized spacial score (nSPS) is 10.7. The Kier molecular flexibility index (Phi) is 4.88. The molecule has 1 N–H and O–H groups in total. The van der Waals surface area contributed by atoms with Gasteiger partial charge in [0, 0.05) is 21.7 Å². The number of rotatable bonds is 3. The first kappa shape index (κ1) is 15.5. The topological polar surface area (TPSA) is 34.0 Å². The second kappa shape index (κ2) is 6.28. The Hall–Kier alpha value is -0.850. The number of anilines is 1. The fourth-order valence-corrected chi connectivity index (χ4v) is 3.13. The summed E-state index contributed by atoms with van der Waals surface area (Å²) in [5, 5.41) is 2.82. The number of hydrogen-bond donors (Lipinski definition) is 1. The number of carbonyl (C=O) groups excluding carboxylic acids is 1. The molecular formula is C13H10Br2ClFN2O. The van der Waals surface area contributed by atoms with E-state index >= 15 is 0 Å². The molecule has 0 spiro atoms. The summed E-state index contributed by atoms with van der Waals surface area (Å²) in [6.07, 6.45) is 1.82. The van der Waals surface area contributed by atoms with Crippen molar-refractivity contribution in [3.8, 4) is 0 Å². The van der Waals surface area contributed by atoms with Crippen LogP contribution >= 0.6 is 43.5 Å². The number of benzene rings is 1. The van der Waals surface area contributed by atoms with Crippen molar-refractivity contribution >= 4 is 55.1 Å². The third kappa shape index (κ3) is 3.24. The molecule has 2 rings (SSSR count). The maximum absolute atomic E-state index is 13.2. The smallest absolute Gasteiger partial charge is 0.272 e. The number of halogens is 4. The van der Waals surface area contributed by atoms with E-state index in [0.717, 1.165) is 10.5 Å². The van der Waals surface area contributed by atoms with Crippen LogP contribution < -0.4 is 5.32 Å². The number of nitrogens with zero attached hydrogens (tertiary/aromatic N) is 1. The minimum Gasteiger partial charge on any atom is -0.343 e. The van der Waals surface area contributed by atoms with Gasteiger partial charge in [-0.3, -0.25) is 4.79 Å². The summed E-state index contributed by atoms with van der Waals surface area (Å²) >= 11 is 12.5. The van der Waals surface area contributed by atoms with Crippen LogP contribution in [0, 0.1) is 5.82 Å². The van der Waals surface area contributed by atoms with Gasteiger partial charge < -0.3 is 9.88 Å². The van der Waals surface area contributed by atoms with Gasteiger partial charge in [0.05, 0.1) is 10.7 Å². The number of hydrogen-bond acceptors (Lipinski definition) is 1. The van der Waals surface area contributed by atoms with E-state index in [1.165, 1.54) is 6.07 Å². The molecule has 1 aromatic heterocycles. The second-order valence-corrected chi connectivity index (χ2v) is 6.21. The fourth-order valence-electron chi connectivity index (χ4n) is 1.77. The quantitative estimate of drug-likeness (QED) is 0.733. The number of aryl methyl sites for hydroxylation is 1. The van der Waals surface area contributed by atoms with Gasteiger partial charge in [0.15, 0.2) is 0 Å². The van der Waals surface area contributed by atoms with E-state index in [9.17, 15) is 9.18 Å². The standard InChI is InChI=1S/C13H10Br2ClFN2O/c1-2-19-6-7(14)3-11(19)13(20)18-12-9(15)4-8(17)5-10(12)16/h3-6H,2H2,1H3,(H,18,20). The molecule has 20 heavy (non-hydrogen) atoms. The summed E-state index contributed by atoms with van der Waals surface area (Å²) in [6, 6.07) is 4.11. The second-order valence-electron chi connectivity index (χ2n) is 4.03. The summed E-state index contributed by atoms with van der Waals surface area (Å²) in [4.78, 5) is 12.3. The van der Waals surface area contributed by atoms with Crippen molar-refractivity contribution in [3.05, 3.63) is 49.9 Å².